The van der Waals surface area contributed by atoms with Crippen molar-refractivity contribution in [2.75, 3.05) is 40.8 Å². The summed E-state index contributed by atoms with van der Waals surface area (Å²) in [6.45, 7) is 18.9. The van der Waals surface area contributed by atoms with Crippen LogP contribution in [0, 0.1) is 17.8 Å². The Morgan fingerprint density at radius 1 is 0.974 bits per heavy atom. The molecular formula is C52H86N8O14S2. The number of carbonyl (C=O) groups excluding carboxylic acids is 1. The van der Waals surface area contributed by atoms with E-state index in [9.17, 15) is 38.7 Å². The molecule has 3 aliphatic rings. The first-order chi connectivity index (χ1) is 35.6. The van der Waals surface area contributed by atoms with E-state index in [0.717, 1.165) is 5.56 Å². The van der Waals surface area contributed by atoms with Crippen LogP contribution < -0.4 is 4.72 Å². The van der Waals surface area contributed by atoms with Gasteiger partial charge in [-0.3, -0.25) is 9.48 Å². The number of methoxy groups -OCH3 is 1. The van der Waals surface area contributed by atoms with Crippen molar-refractivity contribution < 1.29 is 67.2 Å². The van der Waals surface area contributed by atoms with Crippen LogP contribution in [0.4, 0.5) is 0 Å². The molecule has 3 aromatic rings. The lowest BCUT2D eigenvalue weighted by Gasteiger charge is -2.49. The van der Waals surface area contributed by atoms with Crippen LogP contribution in [0.25, 0.3) is 11.3 Å². The number of hydrogen-bond donors (Lipinski definition) is 6. The number of sulfonamides is 1. The van der Waals surface area contributed by atoms with Crippen LogP contribution >= 0.6 is 11.5 Å². The lowest BCUT2D eigenvalue weighted by atomic mass is 9.77. The largest absolute Gasteiger partial charge is 0.459 e. The van der Waals surface area contributed by atoms with Gasteiger partial charge in [0, 0.05) is 81.3 Å². The smallest absolute Gasteiger partial charge is 0.311 e. The standard InChI is InChI=1S/C52H86N8O14S2/c1-14-41-52(10,66)45(62)34(6)59(12)27-30(2)25-50(8,65)47(32(4)44(33(5)48(64)72-41)73-42-26-51(9,69-13)46(63)35(7)71-42)74-49-43(61)40(24-31(3)70-49)58(11)23-20-37-28-60(56-54-37)22-15-21-53-76(67,68)38-18-16-36(17-19-38)39-29-75-57-55-39/h16-19,28-35,40-47,49,53,61-63,65-66H,14-15,20-27H2,1-13H3/t30-,31-,32+,33-,34-,35+,40+,41-,42+,43-,44+,45-,46+,47-,49+,50-,51-,52-/m1/s1. The van der Waals surface area contributed by atoms with Gasteiger partial charge >= 0.3 is 5.97 Å². The van der Waals surface area contributed by atoms with Crippen LogP contribution in [-0.4, -0.2) is 205 Å². The molecule has 22 nitrogen and oxygen atoms in total. The van der Waals surface area contributed by atoms with Gasteiger partial charge in [0.05, 0.1) is 52.1 Å². The Hall–Kier alpha value is -3.18. The third-order valence-electron chi connectivity index (χ3n) is 16.1. The van der Waals surface area contributed by atoms with Crippen molar-refractivity contribution >= 4 is 27.5 Å². The first-order valence-corrected chi connectivity index (χ1v) is 29.0. The molecule has 3 fully saturated rings. The molecule has 430 valence electrons. The van der Waals surface area contributed by atoms with Crippen molar-refractivity contribution in [2.45, 2.75) is 210 Å². The second-order valence-corrected chi connectivity index (χ2v) is 24.8. The molecule has 3 saturated heterocycles. The average molecular weight is 1110 g/mol. The van der Waals surface area contributed by atoms with Crippen molar-refractivity contribution in [3.8, 4) is 11.3 Å². The maximum Gasteiger partial charge on any atom is 0.311 e. The number of nitrogens with zero attached hydrogens (tertiary/aromatic N) is 7. The Kier molecular flexibility index (Phi) is 21.2. The summed E-state index contributed by atoms with van der Waals surface area (Å²) in [6.07, 6.45) is -6.59. The lowest BCUT2D eigenvalue weighted by Crippen LogP contribution is -2.61. The average Bonchev–Trinajstić information content (AvgIpc) is 4.09. The zero-order valence-electron chi connectivity index (χ0n) is 46.6. The fraction of sp³-hybridized carbons (Fsp3) is 0.788. The fourth-order valence-corrected chi connectivity index (χ4v) is 12.8. The Labute approximate surface area is 452 Å². The minimum Gasteiger partial charge on any atom is -0.459 e. The van der Waals surface area contributed by atoms with E-state index in [1.54, 1.807) is 70.7 Å². The maximum atomic E-state index is 14.5. The number of likely N-dealkylation sites (N-methyl/N-ethyl adjacent to an activating group) is 2. The molecule has 2 aromatic heterocycles. The van der Waals surface area contributed by atoms with Crippen molar-refractivity contribution in [1.82, 2.24) is 39.1 Å². The van der Waals surface area contributed by atoms with Gasteiger partial charge in [-0.05, 0) is 118 Å². The molecule has 0 aliphatic carbocycles. The number of aryl methyl sites for hydroxylation is 1. The predicted molar refractivity (Wildman–Crippen MR) is 282 cm³/mol. The highest BCUT2D eigenvalue weighted by atomic mass is 32.2. The Morgan fingerprint density at radius 3 is 2.32 bits per heavy atom. The van der Waals surface area contributed by atoms with Gasteiger partial charge in [-0.15, -0.1) is 10.2 Å². The van der Waals surface area contributed by atoms with Gasteiger partial charge in [0.1, 0.15) is 35.7 Å². The second-order valence-electron chi connectivity index (χ2n) is 22.5. The zero-order chi connectivity index (χ0) is 56.1. The normalized spacial score (nSPS) is 37.9. The van der Waals surface area contributed by atoms with Gasteiger partial charge in [-0.25, -0.2) is 13.1 Å². The molecule has 0 bridgehead atoms. The molecule has 1 aromatic carbocycles. The number of aliphatic hydroxyl groups is 5. The number of cyclic esters (lactones) is 1. The zero-order valence-corrected chi connectivity index (χ0v) is 48.2. The van der Waals surface area contributed by atoms with E-state index in [4.69, 9.17) is 28.4 Å². The van der Waals surface area contributed by atoms with Crippen molar-refractivity contribution in [1.29, 1.82) is 0 Å². The molecule has 0 unspecified atom stereocenters. The first kappa shape index (κ1) is 62.0. The topological polar surface area (TPSA) is 283 Å². The second kappa shape index (κ2) is 25.9. The van der Waals surface area contributed by atoms with E-state index >= 15 is 0 Å². The number of aliphatic hydroxyl groups excluding tert-OH is 3. The van der Waals surface area contributed by atoms with E-state index in [1.165, 1.54) is 37.7 Å². The molecule has 6 N–H and O–H groups in total. The Bertz CT molecular complexity index is 2400. The fourth-order valence-electron chi connectivity index (χ4n) is 11.3. The van der Waals surface area contributed by atoms with E-state index in [2.05, 4.69) is 24.6 Å². The quantitative estimate of drug-likeness (QED) is 0.0837. The SMILES string of the molecule is CC[C@H]1OC(=O)[C@H](C)[C@@H](O[C@H]2C[C@@](C)(OC)[C@@H](O)[C@H](C)O2)[C@H](C)[C@@H](O[C@@H]2O[C@H](C)C[C@H](N(C)CCc3cn(CCCNS(=O)(=O)c4ccc(-c5csnn5)cc4)nn3)[C@H]2O)[C@](C)(O)C[C@@H](C)CN(C)[C@H](C)[C@@H](O)[C@]1(C)O. The summed E-state index contributed by atoms with van der Waals surface area (Å²) < 4.78 is 72.4. The number of esters is 1. The van der Waals surface area contributed by atoms with E-state index in [1.807, 2.05) is 43.9 Å². The van der Waals surface area contributed by atoms with E-state index in [-0.39, 0.29) is 36.6 Å². The summed E-state index contributed by atoms with van der Waals surface area (Å²) in [5.74, 6) is -2.86. The molecular weight excluding hydrogens is 1020 g/mol. The number of hydrogen-bond acceptors (Lipinski definition) is 21. The number of rotatable bonds is 17. The van der Waals surface area contributed by atoms with Crippen LogP contribution in [-0.2, 0) is 56.2 Å². The molecule has 0 spiro atoms. The van der Waals surface area contributed by atoms with E-state index < -0.39 is 118 Å². The lowest BCUT2D eigenvalue weighted by molar-refractivity contribution is -0.318. The highest BCUT2D eigenvalue weighted by Gasteiger charge is 2.53. The van der Waals surface area contributed by atoms with Crippen molar-refractivity contribution in [3.63, 3.8) is 0 Å². The Balaban J connectivity index is 1.18. The summed E-state index contributed by atoms with van der Waals surface area (Å²) in [5, 5.41) is 74.2. The summed E-state index contributed by atoms with van der Waals surface area (Å²) in [4.78, 5) is 18.6. The van der Waals surface area contributed by atoms with Crippen molar-refractivity contribution in [3.05, 3.63) is 41.5 Å². The van der Waals surface area contributed by atoms with Gasteiger partial charge in [-0.1, -0.05) is 42.6 Å². The van der Waals surface area contributed by atoms with Gasteiger partial charge in [0.2, 0.25) is 10.0 Å². The molecule has 18 atom stereocenters. The van der Waals surface area contributed by atoms with E-state index in [0.29, 0.717) is 50.3 Å². The Morgan fingerprint density at radius 2 is 1.67 bits per heavy atom. The minimum atomic E-state index is -3.74. The molecule has 3 aliphatic heterocycles. The first-order valence-electron chi connectivity index (χ1n) is 26.6. The molecule has 6 rings (SSSR count). The van der Waals surface area contributed by atoms with Gasteiger partial charge in [-0.2, -0.15) is 0 Å². The molecule has 76 heavy (non-hydrogen) atoms. The van der Waals surface area contributed by atoms with Crippen molar-refractivity contribution in [2.24, 2.45) is 17.8 Å². The molecule has 0 radical (unpaired) electrons. The van der Waals surface area contributed by atoms with Crippen LogP contribution in [0.2, 0.25) is 0 Å². The highest BCUT2D eigenvalue weighted by molar-refractivity contribution is 7.89. The maximum absolute atomic E-state index is 14.5. The summed E-state index contributed by atoms with van der Waals surface area (Å²) in [5.41, 5.74) is -2.42. The molecule has 5 heterocycles. The highest BCUT2D eigenvalue weighted by Crippen LogP contribution is 2.40. The molecule has 0 saturated carbocycles. The van der Waals surface area contributed by atoms with Crippen LogP contribution in [0.1, 0.15) is 107 Å². The minimum absolute atomic E-state index is 0.0855. The molecule has 24 heteroatoms. The summed E-state index contributed by atoms with van der Waals surface area (Å²) in [7, 11) is 1.48. The summed E-state index contributed by atoms with van der Waals surface area (Å²) in [6, 6.07) is 5.42. The number of benzene rings is 1. The number of aromatic nitrogens is 5. The molecule has 0 amide bonds. The monoisotopic (exact) mass is 1110 g/mol. The number of carbonyl (C=O) groups is 1. The van der Waals surface area contributed by atoms with Gasteiger partial charge in [0.25, 0.3) is 0 Å². The summed E-state index contributed by atoms with van der Waals surface area (Å²) >= 11 is 1.22. The van der Waals surface area contributed by atoms with Gasteiger partial charge < -0.3 is 63.8 Å². The van der Waals surface area contributed by atoms with Crippen LogP contribution in [0.5, 0.6) is 0 Å². The number of nitrogens with one attached hydrogen (secondary N) is 1. The van der Waals surface area contributed by atoms with Crippen LogP contribution in [0.3, 0.4) is 0 Å². The van der Waals surface area contributed by atoms with Crippen LogP contribution in [0.15, 0.2) is 40.7 Å². The third kappa shape index (κ3) is 14.8. The third-order valence-corrected chi connectivity index (χ3v) is 18.1. The predicted octanol–water partition coefficient (Wildman–Crippen LogP) is 2.99. The number of ether oxygens (including phenoxy) is 6. The van der Waals surface area contributed by atoms with Gasteiger partial charge in [0.15, 0.2) is 12.6 Å².